The molecule has 31 heavy (non-hydrogen) atoms. The lowest BCUT2D eigenvalue weighted by Gasteiger charge is -2.09. The van der Waals surface area contributed by atoms with Gasteiger partial charge in [-0.1, -0.05) is 18.2 Å². The minimum Gasteiger partial charge on any atom is -0.486 e. The first kappa shape index (κ1) is 20.1. The third kappa shape index (κ3) is 5.24. The number of ether oxygens (including phenoxy) is 2. The molecule has 1 amide bonds. The standard InChI is InChI=1S/C23H21N5O3/c1-2-28-22(25-26-27-28)16-30-19-12-8-17(9-13-19)23(29)24-18-10-14-21(15-11-18)31-20-6-4-3-5-7-20/h3-15H,2,16H2,1H3,(H,24,29). The number of nitrogens with one attached hydrogen (secondary N) is 1. The second kappa shape index (κ2) is 9.53. The lowest BCUT2D eigenvalue weighted by molar-refractivity contribution is 0.102. The van der Waals surface area contributed by atoms with Crippen molar-refractivity contribution in [2.45, 2.75) is 20.1 Å². The average Bonchev–Trinajstić information content (AvgIpc) is 3.28. The predicted molar refractivity (Wildman–Crippen MR) is 115 cm³/mol. The van der Waals surface area contributed by atoms with Gasteiger partial charge in [-0.25, -0.2) is 4.68 Å². The van der Waals surface area contributed by atoms with Crippen LogP contribution >= 0.6 is 0 Å². The molecule has 3 aromatic carbocycles. The third-order valence-electron chi connectivity index (χ3n) is 4.48. The molecule has 0 saturated carbocycles. The number of aromatic nitrogens is 4. The van der Waals surface area contributed by atoms with E-state index in [9.17, 15) is 4.79 Å². The summed E-state index contributed by atoms with van der Waals surface area (Å²) in [6, 6.07) is 23.6. The van der Waals surface area contributed by atoms with Crippen LogP contribution in [0.2, 0.25) is 0 Å². The molecule has 0 unspecified atom stereocenters. The van der Waals surface area contributed by atoms with Crippen LogP contribution in [0.15, 0.2) is 78.9 Å². The van der Waals surface area contributed by atoms with Gasteiger partial charge in [-0.15, -0.1) is 5.10 Å². The van der Waals surface area contributed by atoms with Crippen molar-refractivity contribution >= 4 is 11.6 Å². The van der Waals surface area contributed by atoms with Gasteiger partial charge < -0.3 is 14.8 Å². The highest BCUT2D eigenvalue weighted by Crippen LogP contribution is 2.23. The number of hydrogen-bond acceptors (Lipinski definition) is 6. The minimum absolute atomic E-state index is 0.210. The Morgan fingerprint density at radius 1 is 0.903 bits per heavy atom. The number of nitrogens with zero attached hydrogens (tertiary/aromatic N) is 4. The van der Waals surface area contributed by atoms with Gasteiger partial charge in [0.1, 0.15) is 23.9 Å². The fourth-order valence-corrected chi connectivity index (χ4v) is 2.86. The highest BCUT2D eigenvalue weighted by atomic mass is 16.5. The van der Waals surface area contributed by atoms with E-state index in [1.807, 2.05) is 49.4 Å². The van der Waals surface area contributed by atoms with Crippen molar-refractivity contribution in [2.75, 3.05) is 5.32 Å². The van der Waals surface area contributed by atoms with Crippen molar-refractivity contribution in [3.8, 4) is 17.2 Å². The summed E-state index contributed by atoms with van der Waals surface area (Å²) in [7, 11) is 0. The number of benzene rings is 3. The zero-order chi connectivity index (χ0) is 21.5. The summed E-state index contributed by atoms with van der Waals surface area (Å²) in [4.78, 5) is 12.5. The van der Waals surface area contributed by atoms with Crippen LogP contribution in [0.25, 0.3) is 0 Å². The molecule has 4 aromatic rings. The van der Waals surface area contributed by atoms with Crippen molar-refractivity contribution in [3.05, 3.63) is 90.3 Å². The Balaban J connectivity index is 1.32. The van der Waals surface area contributed by atoms with Crippen LogP contribution in [0.4, 0.5) is 5.69 Å². The number of hydrogen-bond donors (Lipinski definition) is 1. The zero-order valence-corrected chi connectivity index (χ0v) is 16.9. The van der Waals surface area contributed by atoms with E-state index in [2.05, 4.69) is 20.8 Å². The fraction of sp³-hybridized carbons (Fsp3) is 0.130. The summed E-state index contributed by atoms with van der Waals surface area (Å²) >= 11 is 0. The van der Waals surface area contributed by atoms with Crippen LogP contribution in [0.5, 0.6) is 17.2 Å². The Bertz CT molecular complexity index is 1130. The van der Waals surface area contributed by atoms with Gasteiger partial charge in [0.25, 0.3) is 5.91 Å². The van der Waals surface area contributed by atoms with Gasteiger partial charge in [0.05, 0.1) is 0 Å². The Hall–Kier alpha value is -4.20. The number of carbonyl (C=O) groups excluding carboxylic acids is 1. The van der Waals surface area contributed by atoms with Crippen LogP contribution in [0.3, 0.4) is 0 Å². The number of aryl methyl sites for hydroxylation is 1. The lowest BCUT2D eigenvalue weighted by Crippen LogP contribution is -2.11. The highest BCUT2D eigenvalue weighted by Gasteiger charge is 2.08. The molecule has 0 bridgehead atoms. The molecule has 0 aliphatic carbocycles. The number of anilines is 1. The van der Waals surface area contributed by atoms with Crippen molar-refractivity contribution in [2.24, 2.45) is 0 Å². The summed E-state index contributed by atoms with van der Waals surface area (Å²) in [6.07, 6.45) is 0. The number of tetrazole rings is 1. The first-order chi connectivity index (χ1) is 15.2. The van der Waals surface area contributed by atoms with Gasteiger partial charge in [-0.05, 0) is 78.0 Å². The molecule has 0 aliphatic rings. The Labute approximate surface area is 179 Å². The third-order valence-corrected chi connectivity index (χ3v) is 4.48. The van der Waals surface area contributed by atoms with E-state index < -0.39 is 0 Å². The molecule has 1 heterocycles. The molecular weight excluding hydrogens is 394 g/mol. The largest absolute Gasteiger partial charge is 0.486 e. The minimum atomic E-state index is -0.210. The number of para-hydroxylation sites is 1. The number of rotatable bonds is 8. The summed E-state index contributed by atoms with van der Waals surface area (Å²) in [6.45, 7) is 2.88. The van der Waals surface area contributed by atoms with Gasteiger partial charge >= 0.3 is 0 Å². The maximum Gasteiger partial charge on any atom is 0.255 e. The predicted octanol–water partition coefficient (Wildman–Crippen LogP) is 4.32. The van der Waals surface area contributed by atoms with E-state index >= 15 is 0 Å². The van der Waals surface area contributed by atoms with Crippen LogP contribution in [0, 0.1) is 0 Å². The molecule has 4 rings (SSSR count). The van der Waals surface area contributed by atoms with Crippen LogP contribution < -0.4 is 14.8 Å². The highest BCUT2D eigenvalue weighted by molar-refractivity contribution is 6.04. The molecule has 0 spiro atoms. The molecule has 1 aromatic heterocycles. The maximum absolute atomic E-state index is 12.5. The van der Waals surface area contributed by atoms with Crippen LogP contribution in [-0.2, 0) is 13.2 Å². The molecule has 0 atom stereocenters. The van der Waals surface area contributed by atoms with E-state index in [4.69, 9.17) is 9.47 Å². The molecule has 0 fully saturated rings. The van der Waals surface area contributed by atoms with E-state index in [-0.39, 0.29) is 12.5 Å². The molecule has 8 heteroatoms. The van der Waals surface area contributed by atoms with E-state index in [1.54, 1.807) is 41.1 Å². The second-order valence-corrected chi connectivity index (χ2v) is 6.62. The van der Waals surface area contributed by atoms with Crippen molar-refractivity contribution in [1.82, 2.24) is 20.2 Å². The molecule has 0 saturated heterocycles. The molecule has 8 nitrogen and oxygen atoms in total. The van der Waals surface area contributed by atoms with Gasteiger partial charge in [0.2, 0.25) is 0 Å². The summed E-state index contributed by atoms with van der Waals surface area (Å²) in [5.74, 6) is 2.51. The van der Waals surface area contributed by atoms with Crippen molar-refractivity contribution in [3.63, 3.8) is 0 Å². The molecule has 156 valence electrons. The van der Waals surface area contributed by atoms with Crippen molar-refractivity contribution < 1.29 is 14.3 Å². The smallest absolute Gasteiger partial charge is 0.255 e. The van der Waals surface area contributed by atoms with E-state index in [0.717, 1.165) is 5.75 Å². The molecule has 1 N–H and O–H groups in total. The average molecular weight is 415 g/mol. The van der Waals surface area contributed by atoms with E-state index in [0.29, 0.717) is 35.1 Å². The topological polar surface area (TPSA) is 91.2 Å². The summed E-state index contributed by atoms with van der Waals surface area (Å²) in [5.41, 5.74) is 1.20. The van der Waals surface area contributed by atoms with Gasteiger partial charge in [0.15, 0.2) is 5.82 Å². The molecular formula is C23H21N5O3. The maximum atomic E-state index is 12.5. The molecule has 0 aliphatic heterocycles. The lowest BCUT2D eigenvalue weighted by atomic mass is 10.2. The van der Waals surface area contributed by atoms with E-state index in [1.165, 1.54) is 0 Å². The monoisotopic (exact) mass is 415 g/mol. The summed E-state index contributed by atoms with van der Waals surface area (Å²) < 4.78 is 13.1. The Morgan fingerprint density at radius 2 is 1.58 bits per heavy atom. The Morgan fingerprint density at radius 3 is 2.29 bits per heavy atom. The van der Waals surface area contributed by atoms with Gasteiger partial charge in [0, 0.05) is 17.8 Å². The Kier molecular flexibility index (Phi) is 6.18. The number of carbonyl (C=O) groups is 1. The zero-order valence-electron chi connectivity index (χ0n) is 16.9. The van der Waals surface area contributed by atoms with Crippen LogP contribution in [0.1, 0.15) is 23.1 Å². The van der Waals surface area contributed by atoms with Gasteiger partial charge in [-0.2, -0.15) is 0 Å². The van der Waals surface area contributed by atoms with Crippen molar-refractivity contribution in [1.29, 1.82) is 0 Å². The second-order valence-electron chi connectivity index (χ2n) is 6.62. The first-order valence-corrected chi connectivity index (χ1v) is 9.83. The SMILES string of the molecule is CCn1nnnc1COc1ccc(C(=O)Nc2ccc(Oc3ccccc3)cc2)cc1. The molecule has 0 radical (unpaired) electrons. The normalized spacial score (nSPS) is 10.5. The van der Waals surface area contributed by atoms with Gasteiger partial charge in [-0.3, -0.25) is 4.79 Å². The first-order valence-electron chi connectivity index (χ1n) is 9.83. The fourth-order valence-electron chi connectivity index (χ4n) is 2.86. The van der Waals surface area contributed by atoms with Crippen LogP contribution in [-0.4, -0.2) is 26.1 Å². The number of amides is 1. The summed E-state index contributed by atoms with van der Waals surface area (Å²) in [5, 5.41) is 14.3. The quantitative estimate of drug-likeness (QED) is 0.461.